The van der Waals surface area contributed by atoms with Crippen LogP contribution in [-0.4, -0.2) is 5.91 Å². The van der Waals surface area contributed by atoms with Crippen LogP contribution in [0.5, 0.6) is 0 Å². The number of anilines is 1. The van der Waals surface area contributed by atoms with Crippen LogP contribution < -0.4 is 5.32 Å². The smallest absolute Gasteiger partial charge is 0.231 e. The zero-order chi connectivity index (χ0) is 10.7. The van der Waals surface area contributed by atoms with Crippen molar-refractivity contribution >= 4 is 11.6 Å². The lowest BCUT2D eigenvalue weighted by molar-refractivity contribution is -0.118. The average Bonchev–Trinajstić information content (AvgIpc) is 2.66. The predicted octanol–water partition coefficient (Wildman–Crippen LogP) is 2.98. The van der Waals surface area contributed by atoms with Gasteiger partial charge in [-0.25, -0.2) is 0 Å². The second-order valence-electron chi connectivity index (χ2n) is 3.96. The second-order valence-corrected chi connectivity index (χ2v) is 3.96. The fraction of sp³-hybridized carbons (Fsp3) is 0.308. The fourth-order valence-electron chi connectivity index (χ4n) is 1.98. The van der Waals surface area contributed by atoms with Crippen LogP contribution >= 0.6 is 0 Å². The molecular formula is C13H15NO. The van der Waals surface area contributed by atoms with Crippen LogP contribution in [0.2, 0.25) is 0 Å². The van der Waals surface area contributed by atoms with Gasteiger partial charge >= 0.3 is 0 Å². The normalized spacial score (nSPS) is 20.3. The molecule has 1 unspecified atom stereocenters. The highest BCUT2D eigenvalue weighted by Crippen LogP contribution is 2.30. The van der Waals surface area contributed by atoms with E-state index in [-0.39, 0.29) is 11.8 Å². The first kappa shape index (κ1) is 9.97. The predicted molar refractivity (Wildman–Crippen MR) is 61.6 cm³/mol. The second kappa shape index (κ2) is 4.30. The topological polar surface area (TPSA) is 29.1 Å². The Kier molecular flexibility index (Phi) is 2.86. The van der Waals surface area contributed by atoms with Gasteiger partial charge in [0.05, 0.1) is 5.92 Å². The number of benzene rings is 1. The molecule has 1 atom stereocenters. The molecule has 0 saturated heterocycles. The lowest BCUT2D eigenvalue weighted by atomic mass is 10.0. The minimum atomic E-state index is 0.0187. The van der Waals surface area contributed by atoms with Crippen LogP contribution in [0.15, 0.2) is 42.5 Å². The van der Waals surface area contributed by atoms with Gasteiger partial charge in [-0.1, -0.05) is 30.4 Å². The zero-order valence-electron chi connectivity index (χ0n) is 8.70. The SMILES string of the molecule is C=C1CCCC1C(=O)Nc1ccccc1. The molecule has 1 aromatic rings. The average molecular weight is 201 g/mol. The summed E-state index contributed by atoms with van der Waals surface area (Å²) in [6.07, 6.45) is 3.02. The fourth-order valence-corrected chi connectivity index (χ4v) is 1.98. The third-order valence-corrected chi connectivity index (χ3v) is 2.84. The van der Waals surface area contributed by atoms with Crippen molar-refractivity contribution in [2.24, 2.45) is 5.92 Å². The summed E-state index contributed by atoms with van der Waals surface area (Å²) in [6, 6.07) is 9.56. The van der Waals surface area contributed by atoms with Gasteiger partial charge in [0, 0.05) is 5.69 Å². The third-order valence-electron chi connectivity index (χ3n) is 2.84. The van der Waals surface area contributed by atoms with Crippen LogP contribution in [-0.2, 0) is 4.79 Å². The van der Waals surface area contributed by atoms with Gasteiger partial charge in [-0.05, 0) is 31.4 Å². The molecule has 0 radical (unpaired) electrons. The van der Waals surface area contributed by atoms with Gasteiger partial charge in [-0.2, -0.15) is 0 Å². The highest BCUT2D eigenvalue weighted by molar-refractivity contribution is 5.94. The molecule has 78 valence electrons. The molecule has 0 aliphatic heterocycles. The van der Waals surface area contributed by atoms with Crippen molar-refractivity contribution in [1.29, 1.82) is 0 Å². The Labute approximate surface area is 90.0 Å². The quantitative estimate of drug-likeness (QED) is 0.732. The van der Waals surface area contributed by atoms with Gasteiger partial charge in [0.15, 0.2) is 0 Å². The molecule has 2 rings (SSSR count). The zero-order valence-corrected chi connectivity index (χ0v) is 8.70. The number of carbonyl (C=O) groups excluding carboxylic acids is 1. The van der Waals surface area contributed by atoms with Gasteiger partial charge in [-0.3, -0.25) is 4.79 Å². The van der Waals surface area contributed by atoms with Gasteiger partial charge in [0.25, 0.3) is 0 Å². The van der Waals surface area contributed by atoms with Crippen LogP contribution in [0.4, 0.5) is 5.69 Å². The molecule has 1 aromatic carbocycles. The van der Waals surface area contributed by atoms with Gasteiger partial charge in [-0.15, -0.1) is 0 Å². The summed E-state index contributed by atoms with van der Waals surface area (Å²) in [5, 5.41) is 2.91. The number of nitrogens with one attached hydrogen (secondary N) is 1. The Balaban J connectivity index is 2.01. The van der Waals surface area contributed by atoms with Crippen LogP contribution in [0, 0.1) is 5.92 Å². The molecule has 1 amide bonds. The summed E-state index contributed by atoms with van der Waals surface area (Å²) in [7, 11) is 0. The van der Waals surface area contributed by atoms with Crippen molar-refractivity contribution in [2.75, 3.05) is 5.32 Å². The number of carbonyl (C=O) groups is 1. The van der Waals surface area contributed by atoms with E-state index in [0.717, 1.165) is 30.5 Å². The van der Waals surface area contributed by atoms with E-state index in [4.69, 9.17) is 0 Å². The molecule has 1 aliphatic rings. The van der Waals surface area contributed by atoms with Crippen molar-refractivity contribution in [3.63, 3.8) is 0 Å². The van der Waals surface area contributed by atoms with E-state index in [9.17, 15) is 4.79 Å². The summed E-state index contributed by atoms with van der Waals surface area (Å²) in [5.74, 6) is 0.105. The maximum absolute atomic E-state index is 11.9. The summed E-state index contributed by atoms with van der Waals surface area (Å²) < 4.78 is 0. The molecular weight excluding hydrogens is 186 g/mol. The molecule has 1 saturated carbocycles. The molecule has 2 nitrogen and oxygen atoms in total. The highest BCUT2D eigenvalue weighted by atomic mass is 16.1. The summed E-state index contributed by atoms with van der Waals surface area (Å²) in [4.78, 5) is 11.9. The minimum Gasteiger partial charge on any atom is -0.326 e. The van der Waals surface area contributed by atoms with E-state index in [1.54, 1.807) is 0 Å². The molecule has 2 heteroatoms. The largest absolute Gasteiger partial charge is 0.326 e. The molecule has 0 heterocycles. The first-order chi connectivity index (χ1) is 7.27. The van der Waals surface area contributed by atoms with Crippen molar-refractivity contribution in [2.45, 2.75) is 19.3 Å². The van der Waals surface area contributed by atoms with E-state index in [2.05, 4.69) is 11.9 Å². The van der Waals surface area contributed by atoms with E-state index in [1.165, 1.54) is 0 Å². The lowest BCUT2D eigenvalue weighted by Crippen LogP contribution is -2.21. The van der Waals surface area contributed by atoms with Gasteiger partial charge in [0.1, 0.15) is 0 Å². The highest BCUT2D eigenvalue weighted by Gasteiger charge is 2.25. The Hall–Kier alpha value is -1.57. The standard InChI is InChI=1S/C13H15NO/c1-10-6-5-9-12(10)13(15)14-11-7-3-2-4-8-11/h2-4,7-8,12H,1,5-6,9H2,(H,14,15). The Morgan fingerprint density at radius 3 is 2.67 bits per heavy atom. The van der Waals surface area contributed by atoms with E-state index in [0.29, 0.717) is 0 Å². The molecule has 1 fully saturated rings. The third kappa shape index (κ3) is 2.27. The van der Waals surface area contributed by atoms with E-state index >= 15 is 0 Å². The summed E-state index contributed by atoms with van der Waals surface area (Å²) >= 11 is 0. The number of para-hydroxylation sites is 1. The van der Waals surface area contributed by atoms with Crippen LogP contribution in [0.3, 0.4) is 0 Å². The van der Waals surface area contributed by atoms with Crippen molar-refractivity contribution < 1.29 is 4.79 Å². The van der Waals surface area contributed by atoms with Crippen molar-refractivity contribution in [1.82, 2.24) is 0 Å². The van der Waals surface area contributed by atoms with E-state index in [1.807, 2.05) is 30.3 Å². The molecule has 1 N–H and O–H groups in total. The van der Waals surface area contributed by atoms with Crippen LogP contribution in [0.25, 0.3) is 0 Å². The Bertz CT molecular complexity index is 369. The minimum absolute atomic E-state index is 0.0187. The van der Waals surface area contributed by atoms with Crippen molar-refractivity contribution in [3.05, 3.63) is 42.5 Å². The van der Waals surface area contributed by atoms with E-state index < -0.39 is 0 Å². The number of hydrogen-bond donors (Lipinski definition) is 1. The number of rotatable bonds is 2. The first-order valence-electron chi connectivity index (χ1n) is 5.31. The lowest BCUT2D eigenvalue weighted by Gasteiger charge is -2.11. The van der Waals surface area contributed by atoms with Crippen molar-refractivity contribution in [3.8, 4) is 0 Å². The van der Waals surface area contributed by atoms with Gasteiger partial charge < -0.3 is 5.32 Å². The maximum atomic E-state index is 11.9. The molecule has 0 aromatic heterocycles. The molecule has 0 bridgehead atoms. The summed E-state index contributed by atoms with van der Waals surface area (Å²) in [5.41, 5.74) is 1.94. The monoisotopic (exact) mass is 201 g/mol. The Morgan fingerprint density at radius 1 is 1.33 bits per heavy atom. The number of amides is 1. The number of hydrogen-bond acceptors (Lipinski definition) is 1. The van der Waals surface area contributed by atoms with Gasteiger partial charge in [0.2, 0.25) is 5.91 Å². The first-order valence-corrected chi connectivity index (χ1v) is 5.31. The molecule has 1 aliphatic carbocycles. The Morgan fingerprint density at radius 2 is 2.07 bits per heavy atom. The maximum Gasteiger partial charge on any atom is 0.231 e. The molecule has 15 heavy (non-hydrogen) atoms. The summed E-state index contributed by atoms with van der Waals surface area (Å²) in [6.45, 7) is 3.94. The van der Waals surface area contributed by atoms with Crippen LogP contribution in [0.1, 0.15) is 19.3 Å². The molecule has 0 spiro atoms.